The highest BCUT2D eigenvalue weighted by Gasteiger charge is 2.22. The zero-order valence-electron chi connectivity index (χ0n) is 17.4. The van der Waals surface area contributed by atoms with Crippen molar-refractivity contribution in [3.8, 4) is 11.5 Å². The maximum Gasteiger partial charge on any atom is 0.231 e. The Balaban J connectivity index is 1.47. The van der Waals surface area contributed by atoms with Crippen molar-refractivity contribution in [3.63, 3.8) is 0 Å². The van der Waals surface area contributed by atoms with Gasteiger partial charge in [0.1, 0.15) is 0 Å². The van der Waals surface area contributed by atoms with Gasteiger partial charge in [-0.2, -0.15) is 0 Å². The summed E-state index contributed by atoms with van der Waals surface area (Å²) in [7, 11) is 0. The SMILES string of the molecule is CCN(C(C)Cc1ccc2c(c1)OCO2)C(C)NC(=O)CCN1CCNCC1. The number of nitrogens with zero attached hydrogens (tertiary/aromatic N) is 2. The topological polar surface area (TPSA) is 66.1 Å². The van der Waals surface area contributed by atoms with E-state index in [1.807, 2.05) is 6.07 Å². The van der Waals surface area contributed by atoms with Crippen molar-refractivity contribution in [2.75, 3.05) is 46.1 Å². The van der Waals surface area contributed by atoms with E-state index in [-0.39, 0.29) is 12.1 Å². The van der Waals surface area contributed by atoms with Gasteiger partial charge in [0.25, 0.3) is 0 Å². The number of benzene rings is 1. The number of hydrogen-bond donors (Lipinski definition) is 2. The van der Waals surface area contributed by atoms with Gasteiger partial charge in [0.2, 0.25) is 12.7 Å². The largest absolute Gasteiger partial charge is 0.454 e. The van der Waals surface area contributed by atoms with Crippen molar-refractivity contribution in [3.05, 3.63) is 23.8 Å². The summed E-state index contributed by atoms with van der Waals surface area (Å²) in [6.45, 7) is 12.5. The molecule has 1 aromatic carbocycles. The Hall–Kier alpha value is -1.83. The number of fused-ring (bicyclic) bond motifs is 1. The van der Waals surface area contributed by atoms with Gasteiger partial charge in [-0.1, -0.05) is 13.0 Å². The molecule has 2 heterocycles. The minimum atomic E-state index is 0.00420. The fraction of sp³-hybridized carbons (Fsp3) is 0.667. The Labute approximate surface area is 168 Å². The first-order valence-corrected chi connectivity index (χ1v) is 10.4. The number of hydrogen-bond acceptors (Lipinski definition) is 6. The summed E-state index contributed by atoms with van der Waals surface area (Å²) in [4.78, 5) is 17.1. The van der Waals surface area contributed by atoms with Crippen LogP contribution in [0, 0.1) is 0 Å². The highest BCUT2D eigenvalue weighted by atomic mass is 16.7. The van der Waals surface area contributed by atoms with E-state index in [0.29, 0.717) is 19.3 Å². The molecule has 156 valence electrons. The number of nitrogens with one attached hydrogen (secondary N) is 2. The summed E-state index contributed by atoms with van der Waals surface area (Å²) in [5.74, 6) is 1.76. The fourth-order valence-corrected chi connectivity index (χ4v) is 4.08. The van der Waals surface area contributed by atoms with Crippen LogP contribution < -0.4 is 20.1 Å². The minimum Gasteiger partial charge on any atom is -0.454 e. The Morgan fingerprint density at radius 1 is 1.25 bits per heavy atom. The standard InChI is InChI=1S/C21H34N4O3/c1-4-25(16(2)13-18-5-6-19-20(14-18)28-15-27-19)17(3)23-21(26)7-10-24-11-8-22-9-12-24/h5-6,14,16-17,22H,4,7-13,15H2,1-3H3,(H,23,26). The molecule has 0 radical (unpaired) electrons. The number of rotatable bonds is 9. The third kappa shape index (κ3) is 5.59. The average Bonchev–Trinajstić information content (AvgIpc) is 3.15. The molecule has 0 aromatic heterocycles. The van der Waals surface area contributed by atoms with Crippen LogP contribution in [-0.4, -0.2) is 74.0 Å². The molecule has 2 aliphatic rings. The van der Waals surface area contributed by atoms with Crippen molar-refractivity contribution in [2.24, 2.45) is 0 Å². The lowest BCUT2D eigenvalue weighted by Crippen LogP contribution is -2.51. The molecule has 0 aliphatic carbocycles. The molecule has 1 aromatic rings. The van der Waals surface area contributed by atoms with E-state index in [2.05, 4.69) is 53.3 Å². The number of ether oxygens (including phenoxy) is 2. The second-order valence-electron chi connectivity index (χ2n) is 7.66. The maximum atomic E-state index is 12.4. The number of carbonyl (C=O) groups excluding carboxylic acids is 1. The van der Waals surface area contributed by atoms with E-state index in [9.17, 15) is 4.79 Å². The molecule has 1 fully saturated rings. The summed E-state index contributed by atoms with van der Waals surface area (Å²) in [5, 5.41) is 6.52. The van der Waals surface area contributed by atoms with Crippen molar-refractivity contribution in [2.45, 2.75) is 45.8 Å². The van der Waals surface area contributed by atoms with Crippen molar-refractivity contribution >= 4 is 5.91 Å². The summed E-state index contributed by atoms with van der Waals surface area (Å²) in [6.07, 6.45) is 1.45. The molecule has 28 heavy (non-hydrogen) atoms. The Kier molecular flexibility index (Phi) is 7.53. The van der Waals surface area contributed by atoms with E-state index in [1.54, 1.807) is 0 Å². The van der Waals surface area contributed by atoms with Crippen LogP contribution in [-0.2, 0) is 11.2 Å². The van der Waals surface area contributed by atoms with Crippen LogP contribution in [0.5, 0.6) is 11.5 Å². The van der Waals surface area contributed by atoms with E-state index < -0.39 is 0 Å². The second kappa shape index (κ2) is 10.1. The van der Waals surface area contributed by atoms with E-state index in [4.69, 9.17) is 9.47 Å². The number of amides is 1. The van der Waals surface area contributed by atoms with Crippen molar-refractivity contribution in [1.82, 2.24) is 20.4 Å². The van der Waals surface area contributed by atoms with E-state index in [1.165, 1.54) is 5.56 Å². The lowest BCUT2D eigenvalue weighted by molar-refractivity contribution is -0.123. The van der Waals surface area contributed by atoms with Crippen LogP contribution in [0.25, 0.3) is 0 Å². The predicted molar refractivity (Wildman–Crippen MR) is 110 cm³/mol. The molecule has 2 unspecified atom stereocenters. The van der Waals surface area contributed by atoms with Gasteiger partial charge in [-0.3, -0.25) is 9.69 Å². The Morgan fingerprint density at radius 2 is 2.00 bits per heavy atom. The Morgan fingerprint density at radius 3 is 2.75 bits per heavy atom. The normalized spacial score (nSPS) is 18.9. The molecule has 0 saturated carbocycles. The Bertz CT molecular complexity index is 649. The zero-order chi connectivity index (χ0) is 19.9. The zero-order valence-corrected chi connectivity index (χ0v) is 17.4. The molecule has 1 amide bonds. The monoisotopic (exact) mass is 390 g/mol. The molecular weight excluding hydrogens is 356 g/mol. The van der Waals surface area contributed by atoms with Gasteiger partial charge in [0.05, 0.1) is 6.17 Å². The fourth-order valence-electron chi connectivity index (χ4n) is 4.08. The summed E-state index contributed by atoms with van der Waals surface area (Å²) in [6, 6.07) is 6.42. The molecule has 2 aliphatic heterocycles. The molecular formula is C21H34N4O3. The predicted octanol–water partition coefficient (Wildman–Crippen LogP) is 1.43. The van der Waals surface area contributed by atoms with Gasteiger partial charge in [-0.25, -0.2) is 0 Å². The molecule has 2 atom stereocenters. The molecule has 0 spiro atoms. The lowest BCUT2D eigenvalue weighted by Gasteiger charge is -2.34. The quantitative estimate of drug-likeness (QED) is 0.622. The molecule has 7 nitrogen and oxygen atoms in total. The van der Waals surface area contributed by atoms with Crippen molar-refractivity contribution < 1.29 is 14.3 Å². The van der Waals surface area contributed by atoms with E-state index in [0.717, 1.165) is 57.2 Å². The molecule has 0 bridgehead atoms. The van der Waals surface area contributed by atoms with Crippen LogP contribution >= 0.6 is 0 Å². The van der Waals surface area contributed by atoms with Crippen LogP contribution in [0.15, 0.2) is 18.2 Å². The number of carbonyl (C=O) groups is 1. The number of likely N-dealkylation sites (N-methyl/N-ethyl adjacent to an activating group) is 1. The van der Waals surface area contributed by atoms with Gasteiger partial charge in [0, 0.05) is 45.2 Å². The van der Waals surface area contributed by atoms with Gasteiger partial charge < -0.3 is 25.0 Å². The summed E-state index contributed by atoms with van der Waals surface area (Å²) in [5.41, 5.74) is 1.22. The third-order valence-electron chi connectivity index (χ3n) is 5.63. The molecule has 2 N–H and O–H groups in total. The van der Waals surface area contributed by atoms with Crippen molar-refractivity contribution in [1.29, 1.82) is 0 Å². The third-order valence-corrected chi connectivity index (χ3v) is 5.63. The summed E-state index contributed by atoms with van der Waals surface area (Å²) >= 11 is 0. The molecule has 3 rings (SSSR count). The minimum absolute atomic E-state index is 0.00420. The molecule has 1 saturated heterocycles. The first kappa shape index (κ1) is 20.9. The number of piperazine rings is 1. The van der Waals surface area contributed by atoms with Gasteiger partial charge in [-0.05, 0) is 44.5 Å². The summed E-state index contributed by atoms with van der Waals surface area (Å²) < 4.78 is 10.9. The van der Waals surface area contributed by atoms with Crippen LogP contribution in [0.2, 0.25) is 0 Å². The van der Waals surface area contributed by atoms with E-state index >= 15 is 0 Å². The highest BCUT2D eigenvalue weighted by molar-refractivity contribution is 5.76. The lowest BCUT2D eigenvalue weighted by atomic mass is 10.0. The molecule has 7 heteroatoms. The van der Waals surface area contributed by atoms with Crippen LogP contribution in [0.1, 0.15) is 32.8 Å². The van der Waals surface area contributed by atoms with Gasteiger partial charge in [-0.15, -0.1) is 0 Å². The van der Waals surface area contributed by atoms with Crippen LogP contribution in [0.3, 0.4) is 0 Å². The first-order valence-electron chi connectivity index (χ1n) is 10.4. The average molecular weight is 391 g/mol. The second-order valence-corrected chi connectivity index (χ2v) is 7.66. The maximum absolute atomic E-state index is 12.4. The first-order chi connectivity index (χ1) is 13.6. The highest BCUT2D eigenvalue weighted by Crippen LogP contribution is 2.33. The van der Waals surface area contributed by atoms with Gasteiger partial charge >= 0.3 is 0 Å². The van der Waals surface area contributed by atoms with Gasteiger partial charge in [0.15, 0.2) is 11.5 Å². The van der Waals surface area contributed by atoms with Crippen LogP contribution in [0.4, 0.5) is 0 Å². The smallest absolute Gasteiger partial charge is 0.231 e.